The van der Waals surface area contributed by atoms with Crippen molar-refractivity contribution in [2.75, 3.05) is 18.5 Å². The second kappa shape index (κ2) is 6.68. The fourth-order valence-electron chi connectivity index (χ4n) is 3.00. The highest BCUT2D eigenvalue weighted by molar-refractivity contribution is 6.39. The first-order valence-electron chi connectivity index (χ1n) is 8.04. The molecule has 1 heterocycles. The third-order valence-corrected chi connectivity index (χ3v) is 4.29. The van der Waals surface area contributed by atoms with Crippen LogP contribution in [0.25, 0.3) is 0 Å². The van der Waals surface area contributed by atoms with Gasteiger partial charge in [-0.2, -0.15) is 0 Å². The number of amides is 2. The topological polar surface area (TPSA) is 76.7 Å². The van der Waals surface area contributed by atoms with Gasteiger partial charge in [0.25, 0.3) is 0 Å². The van der Waals surface area contributed by atoms with Gasteiger partial charge in [-0.25, -0.2) is 0 Å². The van der Waals surface area contributed by atoms with Crippen molar-refractivity contribution >= 4 is 17.5 Å². The van der Waals surface area contributed by atoms with Gasteiger partial charge in [-0.15, -0.1) is 0 Å². The third kappa shape index (κ3) is 3.89. The lowest BCUT2D eigenvalue weighted by atomic mass is 10.2. The number of rotatable bonds is 3. The number of anilines is 1. The zero-order valence-electron chi connectivity index (χ0n) is 13.3. The highest BCUT2D eigenvalue weighted by Gasteiger charge is 2.43. The second-order valence-electron chi connectivity index (χ2n) is 6.20. The highest BCUT2D eigenvalue weighted by Crippen LogP contribution is 2.38. The van der Waals surface area contributed by atoms with Crippen LogP contribution < -0.4 is 10.6 Å². The summed E-state index contributed by atoms with van der Waals surface area (Å²) in [6, 6.07) is 7.27. The zero-order valence-corrected chi connectivity index (χ0v) is 13.3. The fourth-order valence-corrected chi connectivity index (χ4v) is 3.00. The first-order chi connectivity index (χ1) is 11.1. The zero-order chi connectivity index (χ0) is 16.3. The van der Waals surface area contributed by atoms with E-state index in [0.717, 1.165) is 31.2 Å². The van der Waals surface area contributed by atoms with Gasteiger partial charge in [0.1, 0.15) is 6.10 Å². The van der Waals surface area contributed by atoms with Crippen LogP contribution in [0.15, 0.2) is 24.3 Å². The van der Waals surface area contributed by atoms with Crippen LogP contribution in [0.3, 0.4) is 0 Å². The Morgan fingerprint density at radius 1 is 1.17 bits per heavy atom. The number of nitrogens with one attached hydrogen (secondary N) is 2. The highest BCUT2D eigenvalue weighted by atomic mass is 16.7. The van der Waals surface area contributed by atoms with Gasteiger partial charge in [-0.3, -0.25) is 9.59 Å². The minimum Gasteiger partial charge on any atom is -0.347 e. The molecule has 1 aliphatic heterocycles. The molecule has 0 bridgehead atoms. The molecule has 1 aliphatic carbocycles. The molecule has 1 spiro atoms. The molecule has 1 saturated heterocycles. The third-order valence-electron chi connectivity index (χ3n) is 4.29. The molecule has 1 atom stereocenters. The van der Waals surface area contributed by atoms with E-state index in [1.54, 1.807) is 12.1 Å². The van der Waals surface area contributed by atoms with Crippen molar-refractivity contribution in [3.63, 3.8) is 0 Å². The molecule has 3 rings (SSSR count). The van der Waals surface area contributed by atoms with Crippen molar-refractivity contribution in [1.82, 2.24) is 5.32 Å². The van der Waals surface area contributed by atoms with Crippen LogP contribution >= 0.6 is 0 Å². The summed E-state index contributed by atoms with van der Waals surface area (Å²) >= 11 is 0. The van der Waals surface area contributed by atoms with E-state index >= 15 is 0 Å². The summed E-state index contributed by atoms with van der Waals surface area (Å²) < 4.78 is 11.6. The molecule has 0 radical (unpaired) electrons. The van der Waals surface area contributed by atoms with Crippen molar-refractivity contribution in [2.24, 2.45) is 0 Å². The summed E-state index contributed by atoms with van der Waals surface area (Å²) in [7, 11) is 0. The molecule has 6 heteroatoms. The van der Waals surface area contributed by atoms with Gasteiger partial charge in [0, 0.05) is 25.1 Å². The molecule has 2 aliphatic rings. The van der Waals surface area contributed by atoms with E-state index in [1.165, 1.54) is 0 Å². The molecule has 6 nitrogen and oxygen atoms in total. The number of hydrogen-bond donors (Lipinski definition) is 2. The van der Waals surface area contributed by atoms with E-state index in [4.69, 9.17) is 9.47 Å². The standard InChI is InChI=1S/C17H22N2O4/c1-12-4-6-13(7-5-12)19-16(21)15(20)18-10-14-11-22-17(23-14)8-2-3-9-17/h4-7,14H,2-3,8-11H2,1H3,(H,18,20)(H,19,21). The maximum Gasteiger partial charge on any atom is 0.313 e. The Morgan fingerprint density at radius 3 is 2.57 bits per heavy atom. The van der Waals surface area contributed by atoms with E-state index in [1.807, 2.05) is 19.1 Å². The monoisotopic (exact) mass is 318 g/mol. The molecule has 1 aromatic rings. The fraction of sp³-hybridized carbons (Fsp3) is 0.529. The van der Waals surface area contributed by atoms with E-state index < -0.39 is 17.6 Å². The minimum atomic E-state index is -0.677. The molecule has 2 fully saturated rings. The van der Waals surface area contributed by atoms with Crippen LogP contribution in [0, 0.1) is 6.92 Å². The Labute approximate surface area is 135 Å². The molecular weight excluding hydrogens is 296 g/mol. The largest absolute Gasteiger partial charge is 0.347 e. The van der Waals surface area contributed by atoms with Gasteiger partial charge < -0.3 is 20.1 Å². The van der Waals surface area contributed by atoms with E-state index in [-0.39, 0.29) is 12.6 Å². The Balaban J connectivity index is 1.44. The average molecular weight is 318 g/mol. The molecule has 1 unspecified atom stereocenters. The van der Waals surface area contributed by atoms with E-state index in [0.29, 0.717) is 12.3 Å². The van der Waals surface area contributed by atoms with E-state index in [2.05, 4.69) is 10.6 Å². The SMILES string of the molecule is Cc1ccc(NC(=O)C(=O)NCC2COC3(CCCC3)O2)cc1. The Kier molecular flexibility index (Phi) is 4.63. The molecule has 0 aromatic heterocycles. The lowest BCUT2D eigenvalue weighted by molar-refractivity contribution is -0.161. The number of hydrogen-bond acceptors (Lipinski definition) is 4. The molecule has 1 aromatic carbocycles. The first kappa shape index (κ1) is 16.0. The lowest BCUT2D eigenvalue weighted by Gasteiger charge is -2.21. The Morgan fingerprint density at radius 2 is 1.87 bits per heavy atom. The Hall–Kier alpha value is -1.92. The van der Waals surface area contributed by atoms with E-state index in [9.17, 15) is 9.59 Å². The average Bonchev–Trinajstić information content (AvgIpc) is 3.17. The van der Waals surface area contributed by atoms with Crippen molar-refractivity contribution in [1.29, 1.82) is 0 Å². The van der Waals surface area contributed by atoms with Crippen molar-refractivity contribution in [3.8, 4) is 0 Å². The van der Waals surface area contributed by atoms with Crippen LogP contribution in [-0.4, -0.2) is 36.9 Å². The summed E-state index contributed by atoms with van der Waals surface area (Å²) in [4.78, 5) is 23.7. The van der Waals surface area contributed by atoms with Gasteiger partial charge in [0.05, 0.1) is 6.61 Å². The van der Waals surface area contributed by atoms with Crippen molar-refractivity contribution in [3.05, 3.63) is 29.8 Å². The van der Waals surface area contributed by atoms with Gasteiger partial charge in [0.15, 0.2) is 5.79 Å². The molecule has 2 N–H and O–H groups in total. The quantitative estimate of drug-likeness (QED) is 0.832. The molecule has 2 amide bonds. The predicted octanol–water partition coefficient (Wildman–Crippen LogP) is 1.74. The summed E-state index contributed by atoms with van der Waals surface area (Å²) in [5.41, 5.74) is 1.69. The van der Waals surface area contributed by atoms with Gasteiger partial charge in [-0.05, 0) is 31.9 Å². The minimum absolute atomic E-state index is 0.191. The van der Waals surface area contributed by atoms with Crippen LogP contribution in [0.1, 0.15) is 31.2 Å². The van der Waals surface area contributed by atoms with Gasteiger partial charge in [0.2, 0.25) is 0 Å². The lowest BCUT2D eigenvalue weighted by Crippen LogP contribution is -2.40. The molecule has 124 valence electrons. The smallest absolute Gasteiger partial charge is 0.313 e. The first-order valence-corrected chi connectivity index (χ1v) is 8.04. The maximum atomic E-state index is 11.9. The van der Waals surface area contributed by atoms with Crippen LogP contribution in [-0.2, 0) is 19.1 Å². The summed E-state index contributed by atoms with van der Waals surface area (Å²) in [5.74, 6) is -1.79. The molecule has 1 saturated carbocycles. The number of aryl methyl sites for hydroxylation is 1. The number of benzene rings is 1. The van der Waals surface area contributed by atoms with Crippen LogP contribution in [0.2, 0.25) is 0 Å². The number of ether oxygens (including phenoxy) is 2. The van der Waals surface area contributed by atoms with Gasteiger partial charge in [-0.1, -0.05) is 17.7 Å². The summed E-state index contributed by atoms with van der Waals surface area (Å²) in [6.45, 7) is 2.70. The molecule has 23 heavy (non-hydrogen) atoms. The van der Waals surface area contributed by atoms with Gasteiger partial charge >= 0.3 is 11.8 Å². The number of carbonyl (C=O) groups excluding carboxylic acids is 2. The van der Waals surface area contributed by atoms with Crippen molar-refractivity contribution in [2.45, 2.75) is 44.5 Å². The summed E-state index contributed by atoms with van der Waals surface area (Å²) in [6.07, 6.45) is 3.84. The predicted molar refractivity (Wildman–Crippen MR) is 84.8 cm³/mol. The van der Waals surface area contributed by atoms with Crippen molar-refractivity contribution < 1.29 is 19.1 Å². The van der Waals surface area contributed by atoms with Crippen LogP contribution in [0.4, 0.5) is 5.69 Å². The van der Waals surface area contributed by atoms with Crippen LogP contribution in [0.5, 0.6) is 0 Å². The molecular formula is C17H22N2O4. The Bertz CT molecular complexity index is 579. The number of carbonyl (C=O) groups is 2. The maximum absolute atomic E-state index is 11.9. The second-order valence-corrected chi connectivity index (χ2v) is 6.20. The summed E-state index contributed by atoms with van der Waals surface area (Å²) in [5, 5.41) is 5.18. The normalized spacial score (nSPS) is 22.2.